The van der Waals surface area contributed by atoms with Crippen LogP contribution in [0.5, 0.6) is 6.01 Å². The number of carbonyl (C=O) groups is 2. The van der Waals surface area contributed by atoms with Crippen LogP contribution in [0.15, 0.2) is 60.9 Å². The van der Waals surface area contributed by atoms with E-state index in [0.717, 1.165) is 0 Å². The van der Waals surface area contributed by atoms with Crippen LogP contribution >= 0.6 is 0 Å². The molecule has 2 fully saturated rings. The quantitative estimate of drug-likeness (QED) is 0.503. The second-order valence-corrected chi connectivity index (χ2v) is 9.55. The van der Waals surface area contributed by atoms with E-state index in [0.29, 0.717) is 31.6 Å². The molecule has 2 aliphatic heterocycles. The maximum absolute atomic E-state index is 13.3. The predicted molar refractivity (Wildman–Crippen MR) is 131 cm³/mol. The van der Waals surface area contributed by atoms with Gasteiger partial charge in [0.2, 0.25) is 0 Å². The van der Waals surface area contributed by atoms with Gasteiger partial charge in [-0.1, -0.05) is 48.5 Å². The van der Waals surface area contributed by atoms with Crippen LogP contribution in [-0.4, -0.2) is 65.8 Å². The van der Waals surface area contributed by atoms with Gasteiger partial charge in [-0.05, 0) is 35.1 Å². The first-order chi connectivity index (χ1) is 17.6. The normalized spacial score (nSPS) is 22.5. The van der Waals surface area contributed by atoms with Gasteiger partial charge in [-0.25, -0.2) is 14.8 Å². The molecule has 2 bridgehead atoms. The molecule has 3 aromatic rings. The number of nitrogens with zero attached hydrogens (tertiary/aromatic N) is 3. The number of benzene rings is 2. The molecule has 1 aromatic heterocycles. The highest BCUT2D eigenvalue weighted by atomic mass is 16.6. The Morgan fingerprint density at radius 1 is 0.944 bits per heavy atom. The lowest BCUT2D eigenvalue weighted by Gasteiger charge is -2.47. The van der Waals surface area contributed by atoms with Gasteiger partial charge >= 0.3 is 12.1 Å². The first kappa shape index (κ1) is 22.7. The van der Waals surface area contributed by atoms with Crippen LogP contribution in [0.25, 0.3) is 11.1 Å². The van der Waals surface area contributed by atoms with Crippen molar-refractivity contribution in [3.63, 3.8) is 0 Å². The number of amides is 1. The summed E-state index contributed by atoms with van der Waals surface area (Å²) < 4.78 is 16.7. The molecule has 3 heterocycles. The molecule has 8 heteroatoms. The number of hydrogen-bond donors (Lipinski definition) is 0. The monoisotopic (exact) mass is 485 g/mol. The fraction of sp³-hybridized carbons (Fsp3) is 0.357. The van der Waals surface area contributed by atoms with Crippen LogP contribution < -0.4 is 4.74 Å². The molecule has 0 radical (unpaired) electrons. The summed E-state index contributed by atoms with van der Waals surface area (Å²) in [6.45, 7) is 1.06. The Labute approximate surface area is 209 Å². The minimum Gasteiger partial charge on any atom is -0.467 e. The van der Waals surface area contributed by atoms with Crippen molar-refractivity contribution in [2.45, 2.75) is 30.8 Å². The van der Waals surface area contributed by atoms with E-state index in [2.05, 4.69) is 34.2 Å². The largest absolute Gasteiger partial charge is 0.467 e. The van der Waals surface area contributed by atoms with Crippen LogP contribution in [0.1, 0.15) is 40.2 Å². The van der Waals surface area contributed by atoms with Gasteiger partial charge in [0.25, 0.3) is 0 Å². The van der Waals surface area contributed by atoms with Gasteiger partial charge in [0.1, 0.15) is 6.61 Å². The number of aromatic nitrogens is 2. The number of piperidine rings is 1. The van der Waals surface area contributed by atoms with Crippen molar-refractivity contribution in [1.82, 2.24) is 14.9 Å². The highest BCUT2D eigenvalue weighted by molar-refractivity contribution is 5.97. The Morgan fingerprint density at radius 2 is 1.53 bits per heavy atom. The number of Topliss-reactive ketones (excluding diaryl/α,β-unsaturated/α-hetero) is 1. The van der Waals surface area contributed by atoms with E-state index >= 15 is 0 Å². The maximum atomic E-state index is 13.3. The number of fused-ring (bicyclic) bond motifs is 5. The van der Waals surface area contributed by atoms with Crippen LogP contribution in [-0.2, 0) is 9.47 Å². The predicted octanol–water partition coefficient (Wildman–Crippen LogP) is 4.10. The zero-order valence-electron chi connectivity index (χ0n) is 20.0. The molecule has 0 N–H and O–H groups in total. The van der Waals surface area contributed by atoms with E-state index in [4.69, 9.17) is 14.2 Å². The van der Waals surface area contributed by atoms with Crippen molar-refractivity contribution in [3.05, 3.63) is 77.6 Å². The van der Waals surface area contributed by atoms with E-state index < -0.39 is 0 Å². The topological polar surface area (TPSA) is 90.9 Å². The number of morpholine rings is 1. The Bertz CT molecular complexity index is 1230. The molecule has 3 aliphatic rings. The van der Waals surface area contributed by atoms with E-state index in [1.807, 2.05) is 24.3 Å². The second kappa shape index (κ2) is 9.35. The lowest BCUT2D eigenvalue weighted by Crippen LogP contribution is -2.60. The smallest absolute Gasteiger partial charge is 0.410 e. The van der Waals surface area contributed by atoms with Gasteiger partial charge in [-0.15, -0.1) is 0 Å². The molecule has 1 aliphatic carbocycles. The van der Waals surface area contributed by atoms with Crippen LogP contribution in [0.2, 0.25) is 0 Å². The molecule has 6 rings (SSSR count). The summed E-state index contributed by atoms with van der Waals surface area (Å²) in [6, 6.07) is 16.4. The molecule has 2 atom stereocenters. The molecule has 36 heavy (non-hydrogen) atoms. The van der Waals surface area contributed by atoms with Gasteiger partial charge in [0, 0.05) is 24.2 Å². The van der Waals surface area contributed by atoms with Gasteiger partial charge in [-0.2, -0.15) is 0 Å². The third-order valence-corrected chi connectivity index (χ3v) is 7.53. The van der Waals surface area contributed by atoms with Crippen molar-refractivity contribution in [2.24, 2.45) is 5.92 Å². The number of rotatable bonds is 5. The molecule has 2 unspecified atom stereocenters. The molecule has 0 saturated carbocycles. The number of carbonyl (C=O) groups excluding carboxylic acids is 2. The summed E-state index contributed by atoms with van der Waals surface area (Å²) in [5.41, 5.74) is 5.21. The average molecular weight is 486 g/mol. The number of hydrogen-bond acceptors (Lipinski definition) is 7. The van der Waals surface area contributed by atoms with Crippen molar-refractivity contribution >= 4 is 11.9 Å². The summed E-state index contributed by atoms with van der Waals surface area (Å²) in [7, 11) is 1.48. The third-order valence-electron chi connectivity index (χ3n) is 7.53. The number of methoxy groups -OCH3 is 1. The minimum absolute atomic E-state index is 0.00614. The van der Waals surface area contributed by atoms with Crippen LogP contribution in [0, 0.1) is 5.92 Å². The molecule has 0 spiro atoms. The minimum atomic E-state index is -0.339. The Balaban J connectivity index is 1.15. The standard InChI is InChI=1S/C28H27N3O5/c1-34-27-29-12-18(13-30-27)26(32)17-10-19-14-35-15-20(11-17)31(19)28(33)36-16-25-23-8-4-2-6-21(23)22-7-3-5-9-24(22)25/h2-9,12-13,17,19-20,25H,10-11,14-16H2,1H3. The van der Waals surface area contributed by atoms with E-state index in [-0.39, 0.29) is 48.4 Å². The van der Waals surface area contributed by atoms with Gasteiger partial charge < -0.3 is 14.2 Å². The first-order valence-corrected chi connectivity index (χ1v) is 12.3. The Hall–Kier alpha value is -3.78. The van der Waals surface area contributed by atoms with Crippen LogP contribution in [0.3, 0.4) is 0 Å². The van der Waals surface area contributed by atoms with E-state index in [1.165, 1.54) is 41.8 Å². The molecular weight excluding hydrogens is 458 g/mol. The zero-order valence-corrected chi connectivity index (χ0v) is 20.0. The molecule has 2 aromatic carbocycles. The highest BCUT2D eigenvalue weighted by Crippen LogP contribution is 2.44. The van der Waals surface area contributed by atoms with Gasteiger partial charge in [-0.3, -0.25) is 9.69 Å². The Morgan fingerprint density at radius 3 is 2.11 bits per heavy atom. The highest BCUT2D eigenvalue weighted by Gasteiger charge is 2.45. The van der Waals surface area contributed by atoms with E-state index in [9.17, 15) is 9.59 Å². The molecule has 1 amide bonds. The first-order valence-electron chi connectivity index (χ1n) is 12.3. The third kappa shape index (κ3) is 3.91. The summed E-state index contributed by atoms with van der Waals surface area (Å²) in [4.78, 5) is 36.4. The lowest BCUT2D eigenvalue weighted by atomic mass is 9.81. The molecule has 2 saturated heterocycles. The Kier molecular flexibility index (Phi) is 5.89. The molecule has 184 valence electrons. The van der Waals surface area contributed by atoms with Crippen molar-refractivity contribution in [1.29, 1.82) is 0 Å². The van der Waals surface area contributed by atoms with Crippen LogP contribution in [0.4, 0.5) is 4.79 Å². The SMILES string of the molecule is COc1ncc(C(=O)C2CC3COCC(C2)N3C(=O)OCC2c3ccccc3-c3ccccc32)cn1. The summed E-state index contributed by atoms with van der Waals surface area (Å²) in [6.07, 6.45) is 3.70. The van der Waals surface area contributed by atoms with Crippen molar-refractivity contribution < 1.29 is 23.8 Å². The fourth-order valence-corrected chi connectivity index (χ4v) is 5.88. The lowest BCUT2D eigenvalue weighted by molar-refractivity contribution is -0.0747. The summed E-state index contributed by atoms with van der Waals surface area (Å²) in [5, 5.41) is 0. The maximum Gasteiger partial charge on any atom is 0.410 e. The summed E-state index contributed by atoms with van der Waals surface area (Å²) >= 11 is 0. The zero-order chi connectivity index (χ0) is 24.6. The molecular formula is C28H27N3O5. The van der Waals surface area contributed by atoms with Gasteiger partial charge in [0.15, 0.2) is 5.78 Å². The number of ether oxygens (including phenoxy) is 3. The second-order valence-electron chi connectivity index (χ2n) is 9.55. The fourth-order valence-electron chi connectivity index (χ4n) is 5.88. The van der Waals surface area contributed by atoms with Crippen molar-refractivity contribution in [2.75, 3.05) is 26.9 Å². The summed E-state index contributed by atoms with van der Waals surface area (Å²) in [5.74, 6) is -0.230. The number of ketones is 1. The van der Waals surface area contributed by atoms with Gasteiger partial charge in [0.05, 0.1) is 38.0 Å². The molecule has 8 nitrogen and oxygen atoms in total. The average Bonchev–Trinajstić information content (AvgIpc) is 3.24. The van der Waals surface area contributed by atoms with Crippen molar-refractivity contribution in [3.8, 4) is 17.1 Å². The van der Waals surface area contributed by atoms with E-state index in [1.54, 1.807) is 4.90 Å².